The van der Waals surface area contributed by atoms with Gasteiger partial charge in [-0.05, 0) is 18.6 Å². The van der Waals surface area contributed by atoms with Crippen LogP contribution in [0.5, 0.6) is 0 Å². The maximum atomic E-state index is 12.1. The highest BCUT2D eigenvalue weighted by molar-refractivity contribution is 7.98. The van der Waals surface area contributed by atoms with E-state index in [1.54, 1.807) is 36.5 Å². The van der Waals surface area contributed by atoms with Crippen molar-refractivity contribution in [3.05, 3.63) is 57.8 Å². The number of aromatic nitrogens is 7. The summed E-state index contributed by atoms with van der Waals surface area (Å²) in [6.45, 7) is 2.68. The number of hydrogen-bond acceptors (Lipinski definition) is 8. The summed E-state index contributed by atoms with van der Waals surface area (Å²) in [6, 6.07) is 1.79. The maximum Gasteiger partial charge on any atom is 0.274 e. The molecule has 0 aromatic carbocycles. The highest BCUT2D eigenvalue weighted by atomic mass is 32.2. The normalized spacial score (nSPS) is 10.8. The van der Waals surface area contributed by atoms with Gasteiger partial charge in [-0.1, -0.05) is 0 Å². The number of aromatic amines is 2. The number of hydrogen-bond donors (Lipinski definition) is 3. The number of imidazole rings is 1. The van der Waals surface area contributed by atoms with Gasteiger partial charge in [-0.2, -0.15) is 22.0 Å². The molecule has 9 nitrogen and oxygen atoms in total. The van der Waals surface area contributed by atoms with Gasteiger partial charge in [-0.3, -0.25) is 9.78 Å². The number of H-pyrrole nitrogens is 2. The molecule has 0 aliphatic carbocycles. The van der Waals surface area contributed by atoms with Gasteiger partial charge in [0.1, 0.15) is 5.69 Å². The first-order valence-electron chi connectivity index (χ1n) is 7.74. The molecular weight excluding hydrogens is 340 g/mol. The van der Waals surface area contributed by atoms with E-state index in [1.165, 1.54) is 0 Å². The third kappa shape index (κ3) is 4.86. The molecule has 3 aromatic heterocycles. The minimum atomic E-state index is -0.255. The number of thioether (sulfide) groups is 1. The average molecular weight is 358 g/mol. The van der Waals surface area contributed by atoms with E-state index >= 15 is 0 Å². The van der Waals surface area contributed by atoms with Crippen LogP contribution in [0.2, 0.25) is 0 Å². The van der Waals surface area contributed by atoms with Gasteiger partial charge >= 0.3 is 0 Å². The minimum absolute atomic E-state index is 0.255. The lowest BCUT2D eigenvalue weighted by atomic mass is 10.2. The van der Waals surface area contributed by atoms with Crippen molar-refractivity contribution < 1.29 is 0 Å². The van der Waals surface area contributed by atoms with E-state index < -0.39 is 0 Å². The molecule has 0 fully saturated rings. The molecule has 3 rings (SSSR count). The lowest BCUT2D eigenvalue weighted by molar-refractivity contribution is 0.858. The second-order valence-corrected chi connectivity index (χ2v) is 6.44. The fourth-order valence-electron chi connectivity index (χ4n) is 2.11. The molecule has 0 aliphatic rings. The van der Waals surface area contributed by atoms with Crippen LogP contribution in [0.1, 0.15) is 22.6 Å². The molecule has 3 heterocycles. The number of anilines is 1. The standard InChI is InChI=1S/C15H18N8OS/c1-10-13(18-9-17-10)8-25-5-4-16-15-21-14(24)12(22-23-15)6-11-2-3-19-20-7-11/h2-3,7,9H,4-6,8H2,1H3,(H,17,18)(H2,16,21,23,24). The molecule has 0 atom stereocenters. The fourth-order valence-corrected chi connectivity index (χ4v) is 2.99. The molecule has 25 heavy (non-hydrogen) atoms. The van der Waals surface area contributed by atoms with E-state index in [-0.39, 0.29) is 5.56 Å². The molecule has 3 aromatic rings. The van der Waals surface area contributed by atoms with Crippen molar-refractivity contribution in [2.24, 2.45) is 0 Å². The first kappa shape index (κ1) is 17.1. The topological polar surface area (TPSA) is 125 Å². The second kappa shape index (κ2) is 8.38. The quantitative estimate of drug-likeness (QED) is 0.508. The Kier molecular flexibility index (Phi) is 5.73. The molecule has 0 saturated heterocycles. The Bertz CT molecular complexity index is 863. The molecule has 3 N–H and O–H groups in total. The highest BCUT2D eigenvalue weighted by Gasteiger charge is 2.06. The van der Waals surface area contributed by atoms with Gasteiger partial charge in [-0.15, -0.1) is 10.2 Å². The van der Waals surface area contributed by atoms with Crippen LogP contribution in [0.4, 0.5) is 5.95 Å². The molecule has 0 aliphatic heterocycles. The summed E-state index contributed by atoms with van der Waals surface area (Å²) < 4.78 is 0. The Hall–Kier alpha value is -2.75. The number of aryl methyl sites for hydroxylation is 1. The Morgan fingerprint density at radius 3 is 2.88 bits per heavy atom. The number of rotatable bonds is 8. The third-order valence-electron chi connectivity index (χ3n) is 3.49. The van der Waals surface area contributed by atoms with Crippen LogP contribution in [-0.2, 0) is 12.2 Å². The van der Waals surface area contributed by atoms with Gasteiger partial charge in [-0.25, -0.2) is 4.98 Å². The predicted molar refractivity (Wildman–Crippen MR) is 95.5 cm³/mol. The van der Waals surface area contributed by atoms with Gasteiger partial charge < -0.3 is 10.3 Å². The highest BCUT2D eigenvalue weighted by Crippen LogP contribution is 2.12. The van der Waals surface area contributed by atoms with Crippen LogP contribution in [0.3, 0.4) is 0 Å². The maximum absolute atomic E-state index is 12.1. The second-order valence-electron chi connectivity index (χ2n) is 5.33. The minimum Gasteiger partial charge on any atom is -0.354 e. The van der Waals surface area contributed by atoms with Crippen LogP contribution < -0.4 is 10.9 Å². The molecule has 0 radical (unpaired) electrons. The SMILES string of the molecule is Cc1[nH]cnc1CSCCNc1nnc(Cc2ccnnc2)c(=O)[nH]1. The molecule has 130 valence electrons. The van der Waals surface area contributed by atoms with E-state index in [4.69, 9.17) is 0 Å². The Labute approximate surface area is 148 Å². The summed E-state index contributed by atoms with van der Waals surface area (Å²) in [5, 5.41) is 18.6. The zero-order valence-corrected chi connectivity index (χ0v) is 14.5. The van der Waals surface area contributed by atoms with Crippen molar-refractivity contribution in [1.82, 2.24) is 35.3 Å². The predicted octanol–water partition coefficient (Wildman–Crippen LogP) is 0.923. The number of nitrogens with zero attached hydrogens (tertiary/aromatic N) is 5. The molecule has 0 saturated carbocycles. The van der Waals surface area contributed by atoms with E-state index in [2.05, 4.69) is 40.7 Å². The lowest BCUT2D eigenvalue weighted by Gasteiger charge is -2.05. The summed E-state index contributed by atoms with van der Waals surface area (Å²) in [5.41, 5.74) is 3.11. The van der Waals surface area contributed by atoms with Crippen molar-refractivity contribution in [1.29, 1.82) is 0 Å². The van der Waals surface area contributed by atoms with Gasteiger partial charge in [0.15, 0.2) is 0 Å². The van der Waals surface area contributed by atoms with Crippen LogP contribution in [0.25, 0.3) is 0 Å². The molecule has 0 bridgehead atoms. The van der Waals surface area contributed by atoms with Gasteiger partial charge in [0.05, 0.1) is 18.2 Å². The van der Waals surface area contributed by atoms with Crippen LogP contribution in [0.15, 0.2) is 29.6 Å². The molecule has 0 spiro atoms. The summed E-state index contributed by atoms with van der Waals surface area (Å²) in [5.74, 6) is 2.08. The summed E-state index contributed by atoms with van der Waals surface area (Å²) in [7, 11) is 0. The molecule has 0 amide bonds. The van der Waals surface area contributed by atoms with Crippen molar-refractivity contribution in [3.63, 3.8) is 0 Å². The van der Waals surface area contributed by atoms with Crippen LogP contribution in [-0.4, -0.2) is 47.6 Å². The van der Waals surface area contributed by atoms with Crippen molar-refractivity contribution in [2.75, 3.05) is 17.6 Å². The van der Waals surface area contributed by atoms with Gasteiger partial charge in [0.25, 0.3) is 5.56 Å². The van der Waals surface area contributed by atoms with E-state index in [0.29, 0.717) is 24.6 Å². The molecular formula is C15H18N8OS. The smallest absolute Gasteiger partial charge is 0.274 e. The zero-order chi connectivity index (χ0) is 17.5. The lowest BCUT2D eigenvalue weighted by Crippen LogP contribution is -2.20. The summed E-state index contributed by atoms with van der Waals surface area (Å²) >= 11 is 1.76. The Balaban J connectivity index is 1.46. The molecule has 0 unspecified atom stereocenters. The number of nitrogens with one attached hydrogen (secondary N) is 3. The third-order valence-corrected chi connectivity index (χ3v) is 4.46. The van der Waals surface area contributed by atoms with Crippen molar-refractivity contribution in [3.8, 4) is 0 Å². The monoisotopic (exact) mass is 358 g/mol. The largest absolute Gasteiger partial charge is 0.354 e. The van der Waals surface area contributed by atoms with E-state index in [1.807, 2.05) is 6.92 Å². The Morgan fingerprint density at radius 1 is 1.24 bits per heavy atom. The van der Waals surface area contributed by atoms with Crippen molar-refractivity contribution >= 4 is 17.7 Å². The first-order chi connectivity index (χ1) is 12.2. The first-order valence-corrected chi connectivity index (χ1v) is 8.90. The van der Waals surface area contributed by atoms with E-state index in [0.717, 1.165) is 28.5 Å². The van der Waals surface area contributed by atoms with Crippen LogP contribution >= 0.6 is 11.8 Å². The zero-order valence-electron chi connectivity index (χ0n) is 13.7. The summed E-state index contributed by atoms with van der Waals surface area (Å²) in [4.78, 5) is 22.1. The summed E-state index contributed by atoms with van der Waals surface area (Å²) in [6.07, 6.45) is 5.25. The van der Waals surface area contributed by atoms with Crippen LogP contribution in [0, 0.1) is 6.92 Å². The average Bonchev–Trinajstić information content (AvgIpc) is 3.03. The molecule has 10 heteroatoms. The Morgan fingerprint density at radius 2 is 2.16 bits per heavy atom. The van der Waals surface area contributed by atoms with E-state index in [9.17, 15) is 4.79 Å². The van der Waals surface area contributed by atoms with Gasteiger partial charge in [0, 0.05) is 36.4 Å². The fraction of sp³-hybridized carbons (Fsp3) is 0.333. The van der Waals surface area contributed by atoms with Gasteiger partial charge in [0.2, 0.25) is 5.95 Å². The van der Waals surface area contributed by atoms with Crippen molar-refractivity contribution in [2.45, 2.75) is 19.1 Å².